The van der Waals surface area contributed by atoms with Crippen LogP contribution in [0.15, 0.2) is 12.3 Å². The molecule has 0 aromatic carbocycles. The van der Waals surface area contributed by atoms with Crippen LogP contribution in [0.2, 0.25) is 0 Å². The Morgan fingerprint density at radius 1 is 1.50 bits per heavy atom. The van der Waals surface area contributed by atoms with E-state index in [-0.39, 0.29) is 30.0 Å². The molecule has 0 aliphatic carbocycles. The van der Waals surface area contributed by atoms with Gasteiger partial charge in [0.15, 0.2) is 11.3 Å². The van der Waals surface area contributed by atoms with Crippen molar-refractivity contribution in [2.75, 3.05) is 25.0 Å². The highest BCUT2D eigenvalue weighted by Crippen LogP contribution is 2.32. The molecule has 0 bridgehead atoms. The minimum absolute atomic E-state index is 0.0354. The first-order chi connectivity index (χ1) is 12.4. The van der Waals surface area contributed by atoms with Crippen molar-refractivity contribution >= 4 is 28.5 Å². The molecule has 3 heterocycles. The first kappa shape index (κ1) is 17.7. The quantitative estimate of drug-likeness (QED) is 0.827. The summed E-state index contributed by atoms with van der Waals surface area (Å²) in [7, 11) is 1.87. The Balaban J connectivity index is 1.98. The molecule has 0 saturated carbocycles. The molecule has 2 aromatic rings. The number of amides is 2. The summed E-state index contributed by atoms with van der Waals surface area (Å²) in [6.45, 7) is 3.22. The van der Waals surface area contributed by atoms with Gasteiger partial charge in [-0.1, -0.05) is 6.92 Å². The number of likely N-dealkylation sites (tertiary alicyclic amines) is 1. The van der Waals surface area contributed by atoms with Gasteiger partial charge in [0.2, 0.25) is 5.91 Å². The molecule has 1 fully saturated rings. The summed E-state index contributed by atoms with van der Waals surface area (Å²) in [5, 5.41) is 17.5. The molecule has 1 aliphatic rings. The standard InChI is InChI=1S/C17H21N7O2/c1-10-5-8-24(13(25)3-6-18)9-12(10)23(2)15-11-4-7-20-17(11)22-21-14(15)16(19)26/h4,7,10,12H,3,5,8-9H2,1-2H3,(H2,19,26)(H,20,22)/t10-,12+/m1/s1. The highest BCUT2D eigenvalue weighted by atomic mass is 16.2. The molecule has 0 radical (unpaired) electrons. The largest absolute Gasteiger partial charge is 0.367 e. The lowest BCUT2D eigenvalue weighted by Crippen LogP contribution is -2.53. The first-order valence-corrected chi connectivity index (χ1v) is 8.45. The third-order valence-electron chi connectivity index (χ3n) is 5.04. The fourth-order valence-electron chi connectivity index (χ4n) is 3.56. The molecule has 9 nitrogen and oxygen atoms in total. The van der Waals surface area contributed by atoms with Gasteiger partial charge in [0.05, 0.1) is 11.8 Å². The molecule has 3 rings (SSSR count). The van der Waals surface area contributed by atoms with Crippen LogP contribution in [-0.2, 0) is 4.79 Å². The highest BCUT2D eigenvalue weighted by Gasteiger charge is 2.33. The number of primary amides is 1. The lowest BCUT2D eigenvalue weighted by atomic mass is 9.91. The number of fused-ring (bicyclic) bond motifs is 1. The topological polar surface area (TPSA) is 132 Å². The van der Waals surface area contributed by atoms with E-state index in [4.69, 9.17) is 11.0 Å². The first-order valence-electron chi connectivity index (χ1n) is 8.45. The van der Waals surface area contributed by atoms with Crippen LogP contribution >= 0.6 is 0 Å². The number of carbonyl (C=O) groups is 2. The van der Waals surface area contributed by atoms with E-state index in [0.29, 0.717) is 24.4 Å². The molecular weight excluding hydrogens is 334 g/mol. The van der Waals surface area contributed by atoms with Crippen LogP contribution < -0.4 is 10.6 Å². The summed E-state index contributed by atoms with van der Waals surface area (Å²) < 4.78 is 0. The van der Waals surface area contributed by atoms with Crippen LogP contribution in [0.3, 0.4) is 0 Å². The van der Waals surface area contributed by atoms with Crippen molar-refractivity contribution in [3.8, 4) is 6.07 Å². The SMILES string of the molecule is C[C@@H]1CCN(C(=O)CC#N)C[C@@H]1N(C)c1c(C(N)=O)nnc2[nH]ccc12. The fraction of sp³-hybridized carbons (Fsp3) is 0.471. The number of nitrogens with zero attached hydrogens (tertiary/aromatic N) is 5. The molecule has 1 aliphatic heterocycles. The average molecular weight is 355 g/mol. The van der Waals surface area contributed by atoms with Crippen molar-refractivity contribution in [3.05, 3.63) is 18.0 Å². The molecule has 2 amide bonds. The van der Waals surface area contributed by atoms with Gasteiger partial charge in [-0.15, -0.1) is 10.2 Å². The van der Waals surface area contributed by atoms with Gasteiger partial charge in [-0.05, 0) is 18.4 Å². The Kier molecular flexibility index (Phi) is 4.75. The minimum Gasteiger partial charge on any atom is -0.367 e. The average Bonchev–Trinajstić information content (AvgIpc) is 3.09. The van der Waals surface area contributed by atoms with Crippen molar-refractivity contribution in [1.82, 2.24) is 20.1 Å². The van der Waals surface area contributed by atoms with E-state index in [1.165, 1.54) is 0 Å². The fourth-order valence-corrected chi connectivity index (χ4v) is 3.56. The number of piperidine rings is 1. The summed E-state index contributed by atoms with van der Waals surface area (Å²) in [6.07, 6.45) is 2.41. The van der Waals surface area contributed by atoms with E-state index in [1.54, 1.807) is 11.1 Å². The van der Waals surface area contributed by atoms with E-state index >= 15 is 0 Å². The van der Waals surface area contributed by atoms with Crippen molar-refractivity contribution in [3.63, 3.8) is 0 Å². The number of aromatic nitrogens is 3. The third kappa shape index (κ3) is 3.06. The Morgan fingerprint density at radius 3 is 2.96 bits per heavy atom. The highest BCUT2D eigenvalue weighted by molar-refractivity contribution is 6.04. The molecule has 0 unspecified atom stereocenters. The van der Waals surface area contributed by atoms with E-state index in [9.17, 15) is 9.59 Å². The number of rotatable bonds is 4. The van der Waals surface area contributed by atoms with Crippen LogP contribution in [-0.4, -0.2) is 58.1 Å². The second-order valence-corrected chi connectivity index (χ2v) is 6.62. The van der Waals surface area contributed by atoms with Crippen molar-refractivity contribution in [2.24, 2.45) is 11.7 Å². The van der Waals surface area contributed by atoms with Crippen LogP contribution in [0, 0.1) is 17.2 Å². The van der Waals surface area contributed by atoms with Gasteiger partial charge in [0.25, 0.3) is 5.91 Å². The lowest BCUT2D eigenvalue weighted by molar-refractivity contribution is -0.131. The van der Waals surface area contributed by atoms with Crippen molar-refractivity contribution in [2.45, 2.75) is 25.8 Å². The predicted octanol–water partition coefficient (Wildman–Crippen LogP) is 0.644. The molecule has 1 saturated heterocycles. The Labute approximate surface area is 150 Å². The Bertz CT molecular complexity index is 885. The third-order valence-corrected chi connectivity index (χ3v) is 5.04. The number of carbonyl (C=O) groups excluding carboxylic acids is 2. The second kappa shape index (κ2) is 7.00. The molecule has 0 spiro atoms. The second-order valence-electron chi connectivity index (χ2n) is 6.62. The predicted molar refractivity (Wildman–Crippen MR) is 95.2 cm³/mol. The Hall–Kier alpha value is -3.15. The lowest BCUT2D eigenvalue weighted by Gasteiger charge is -2.42. The van der Waals surface area contributed by atoms with E-state index < -0.39 is 5.91 Å². The number of nitrogens with one attached hydrogen (secondary N) is 1. The summed E-state index contributed by atoms with van der Waals surface area (Å²) in [4.78, 5) is 30.7. The van der Waals surface area contributed by atoms with Gasteiger partial charge >= 0.3 is 0 Å². The van der Waals surface area contributed by atoms with Gasteiger partial charge in [0, 0.05) is 37.8 Å². The van der Waals surface area contributed by atoms with Crippen LogP contribution in [0.25, 0.3) is 11.0 Å². The zero-order chi connectivity index (χ0) is 18.8. The van der Waals surface area contributed by atoms with Crippen molar-refractivity contribution < 1.29 is 9.59 Å². The monoisotopic (exact) mass is 355 g/mol. The molecule has 2 aromatic heterocycles. The van der Waals surface area contributed by atoms with E-state index in [0.717, 1.165) is 11.8 Å². The number of nitriles is 1. The number of H-pyrrole nitrogens is 1. The van der Waals surface area contributed by atoms with Gasteiger partial charge in [-0.25, -0.2) is 0 Å². The maximum Gasteiger partial charge on any atom is 0.271 e. The zero-order valence-electron chi connectivity index (χ0n) is 14.8. The number of hydrogen-bond acceptors (Lipinski definition) is 6. The van der Waals surface area contributed by atoms with Crippen LogP contribution in [0.4, 0.5) is 5.69 Å². The Morgan fingerprint density at radius 2 is 2.27 bits per heavy atom. The molecule has 26 heavy (non-hydrogen) atoms. The smallest absolute Gasteiger partial charge is 0.271 e. The van der Waals surface area contributed by atoms with Crippen LogP contribution in [0.1, 0.15) is 30.3 Å². The van der Waals surface area contributed by atoms with Crippen LogP contribution in [0.5, 0.6) is 0 Å². The van der Waals surface area contributed by atoms with Gasteiger partial charge in [0.1, 0.15) is 6.42 Å². The van der Waals surface area contributed by atoms with E-state index in [1.807, 2.05) is 24.1 Å². The number of hydrogen-bond donors (Lipinski definition) is 2. The molecule has 3 N–H and O–H groups in total. The maximum absolute atomic E-state index is 12.1. The van der Waals surface area contributed by atoms with Gasteiger partial charge < -0.3 is 20.5 Å². The molecule has 2 atom stereocenters. The number of likely N-dealkylation sites (N-methyl/N-ethyl adjacent to an activating group) is 1. The van der Waals surface area contributed by atoms with Gasteiger partial charge in [-0.3, -0.25) is 9.59 Å². The maximum atomic E-state index is 12.1. The molecular formula is C17H21N7O2. The normalized spacial score (nSPS) is 20.0. The summed E-state index contributed by atoms with van der Waals surface area (Å²) in [6, 6.07) is 3.70. The zero-order valence-corrected chi connectivity index (χ0v) is 14.8. The molecule has 136 valence electrons. The summed E-state index contributed by atoms with van der Waals surface area (Å²) in [5.74, 6) is -0.537. The summed E-state index contributed by atoms with van der Waals surface area (Å²) in [5.41, 5.74) is 6.79. The molecule has 9 heteroatoms. The van der Waals surface area contributed by atoms with Gasteiger partial charge in [-0.2, -0.15) is 5.26 Å². The van der Waals surface area contributed by atoms with Crippen molar-refractivity contribution in [1.29, 1.82) is 5.26 Å². The number of aromatic amines is 1. The van der Waals surface area contributed by atoms with E-state index in [2.05, 4.69) is 22.1 Å². The minimum atomic E-state index is -0.650. The number of anilines is 1. The number of nitrogens with two attached hydrogens (primary N) is 1. The summed E-state index contributed by atoms with van der Waals surface area (Å²) >= 11 is 0.